The lowest BCUT2D eigenvalue weighted by atomic mass is 9.95. The molecule has 0 radical (unpaired) electrons. The van der Waals surface area contributed by atoms with Crippen LogP contribution >= 0.6 is 0 Å². The average Bonchev–Trinajstić information content (AvgIpc) is 2.87. The van der Waals surface area contributed by atoms with Gasteiger partial charge in [0.25, 0.3) is 5.91 Å². The van der Waals surface area contributed by atoms with Crippen LogP contribution in [0.25, 0.3) is 0 Å². The Morgan fingerprint density at radius 3 is 2.73 bits per heavy atom. The Kier molecular flexibility index (Phi) is 5.48. The lowest BCUT2D eigenvalue weighted by Crippen LogP contribution is -2.31. The van der Waals surface area contributed by atoms with Gasteiger partial charge in [-0.15, -0.1) is 13.2 Å². The Morgan fingerprint density at radius 1 is 1.23 bits per heavy atom. The smallest absolute Gasteiger partial charge is 0.489 e. The summed E-state index contributed by atoms with van der Waals surface area (Å²) >= 11 is 0. The van der Waals surface area contributed by atoms with Crippen molar-refractivity contribution in [1.29, 1.82) is 0 Å². The molecular weight excluding hydrogens is 397 g/mol. The standard InChI is InChI=1S/C22H19F3N2O3/c23-22(24,25)30-17-8-6-16(7-9-17)19-12-18-20(13-26-19)29-11-10-27(21(18)28)14-15-4-2-1-3-5-15/h1-6,8-9,12-13,16H,7,10-11,14H2/t16-/m0/s1. The molecule has 4 rings (SSSR count). The van der Waals surface area contributed by atoms with Gasteiger partial charge in [-0.1, -0.05) is 36.4 Å². The van der Waals surface area contributed by atoms with Gasteiger partial charge in [0.1, 0.15) is 18.1 Å². The number of nitrogens with zero attached hydrogens (tertiary/aromatic N) is 2. The number of rotatable bonds is 4. The Balaban J connectivity index is 1.52. The molecule has 8 heteroatoms. The van der Waals surface area contributed by atoms with Gasteiger partial charge in [-0.2, -0.15) is 0 Å². The zero-order valence-corrected chi connectivity index (χ0v) is 15.9. The molecule has 2 heterocycles. The molecule has 0 saturated carbocycles. The monoisotopic (exact) mass is 416 g/mol. The molecule has 0 spiro atoms. The fraction of sp³-hybridized carbons (Fsp3) is 0.273. The van der Waals surface area contributed by atoms with Gasteiger partial charge in [-0.05, 0) is 30.2 Å². The minimum Gasteiger partial charge on any atom is -0.489 e. The van der Waals surface area contributed by atoms with Gasteiger partial charge in [0, 0.05) is 18.2 Å². The third-order valence-electron chi connectivity index (χ3n) is 4.92. The predicted molar refractivity (Wildman–Crippen MR) is 103 cm³/mol. The van der Waals surface area contributed by atoms with E-state index in [-0.39, 0.29) is 24.0 Å². The van der Waals surface area contributed by atoms with Crippen molar-refractivity contribution >= 4 is 5.91 Å². The molecule has 5 nitrogen and oxygen atoms in total. The van der Waals surface area contributed by atoms with Crippen molar-refractivity contribution in [2.75, 3.05) is 13.2 Å². The molecule has 1 atom stereocenters. The van der Waals surface area contributed by atoms with Crippen molar-refractivity contribution in [3.8, 4) is 5.75 Å². The number of aromatic nitrogens is 1. The number of fused-ring (bicyclic) bond motifs is 1. The largest absolute Gasteiger partial charge is 0.573 e. The summed E-state index contributed by atoms with van der Waals surface area (Å²) < 4.78 is 46.7. The van der Waals surface area contributed by atoms with Crippen molar-refractivity contribution in [1.82, 2.24) is 9.88 Å². The Hall–Kier alpha value is -3.29. The van der Waals surface area contributed by atoms with Gasteiger partial charge < -0.3 is 14.4 Å². The number of pyridine rings is 1. The summed E-state index contributed by atoms with van der Waals surface area (Å²) in [5, 5.41) is 0. The SMILES string of the molecule is O=C1c2cc([C@H]3C=CC(OC(F)(F)F)=CC3)ncc2OCCN1Cc1ccccc1. The normalized spacial score (nSPS) is 18.9. The minimum absolute atomic E-state index is 0.161. The summed E-state index contributed by atoms with van der Waals surface area (Å²) in [5.41, 5.74) is 2.01. The summed E-state index contributed by atoms with van der Waals surface area (Å²) in [7, 11) is 0. The zero-order valence-electron chi connectivity index (χ0n) is 15.9. The molecule has 0 bridgehead atoms. The number of carbonyl (C=O) groups is 1. The van der Waals surface area contributed by atoms with E-state index in [1.165, 1.54) is 18.3 Å². The highest BCUT2D eigenvalue weighted by molar-refractivity contribution is 5.97. The van der Waals surface area contributed by atoms with Gasteiger partial charge in [0.05, 0.1) is 18.3 Å². The molecule has 0 N–H and O–H groups in total. The van der Waals surface area contributed by atoms with Crippen molar-refractivity contribution in [3.05, 3.63) is 83.4 Å². The summed E-state index contributed by atoms with van der Waals surface area (Å²) in [6.45, 7) is 1.27. The quantitative estimate of drug-likeness (QED) is 0.732. The Labute approximate surface area is 171 Å². The molecule has 0 saturated heterocycles. The maximum absolute atomic E-state index is 13.1. The number of alkyl halides is 3. The van der Waals surface area contributed by atoms with E-state index >= 15 is 0 Å². The molecule has 1 aromatic carbocycles. The van der Waals surface area contributed by atoms with Gasteiger partial charge in [0.15, 0.2) is 0 Å². The molecule has 1 amide bonds. The van der Waals surface area contributed by atoms with Crippen molar-refractivity contribution in [2.24, 2.45) is 0 Å². The lowest BCUT2D eigenvalue weighted by Gasteiger charge is -2.21. The summed E-state index contributed by atoms with van der Waals surface area (Å²) in [5.74, 6) is -0.251. The number of hydrogen-bond donors (Lipinski definition) is 0. The van der Waals surface area contributed by atoms with Crippen LogP contribution in [0.15, 0.2) is 66.6 Å². The van der Waals surface area contributed by atoms with Crippen molar-refractivity contribution < 1.29 is 27.4 Å². The number of carbonyl (C=O) groups excluding carboxylic acids is 1. The Bertz CT molecular complexity index is 987. The highest BCUT2D eigenvalue weighted by Crippen LogP contribution is 2.32. The van der Waals surface area contributed by atoms with Crippen LogP contribution in [0, 0.1) is 0 Å². The number of hydrogen-bond acceptors (Lipinski definition) is 4. The number of halogens is 3. The first-order valence-electron chi connectivity index (χ1n) is 9.49. The molecule has 1 aliphatic heterocycles. The van der Waals surface area contributed by atoms with Crippen molar-refractivity contribution in [3.63, 3.8) is 0 Å². The Morgan fingerprint density at radius 2 is 2.03 bits per heavy atom. The van der Waals surface area contributed by atoms with E-state index in [9.17, 15) is 18.0 Å². The zero-order chi connectivity index (χ0) is 21.1. The topological polar surface area (TPSA) is 51.7 Å². The second-order valence-electron chi connectivity index (χ2n) is 7.02. The highest BCUT2D eigenvalue weighted by atomic mass is 19.4. The lowest BCUT2D eigenvalue weighted by molar-refractivity contribution is -0.303. The van der Waals surface area contributed by atoms with E-state index in [1.54, 1.807) is 17.0 Å². The highest BCUT2D eigenvalue weighted by Gasteiger charge is 2.32. The van der Waals surface area contributed by atoms with Crippen LogP contribution in [0.5, 0.6) is 5.75 Å². The molecule has 0 fully saturated rings. The summed E-state index contributed by atoms with van der Waals surface area (Å²) in [6.07, 6.45) is 1.31. The third kappa shape index (κ3) is 4.64. The molecule has 30 heavy (non-hydrogen) atoms. The van der Waals surface area contributed by atoms with Crippen LogP contribution in [-0.4, -0.2) is 35.3 Å². The van der Waals surface area contributed by atoms with E-state index in [1.807, 2.05) is 30.3 Å². The minimum atomic E-state index is -4.72. The van der Waals surface area contributed by atoms with Crippen molar-refractivity contribution in [2.45, 2.75) is 25.2 Å². The molecule has 1 aliphatic carbocycles. The van der Waals surface area contributed by atoms with E-state index in [2.05, 4.69) is 9.72 Å². The maximum Gasteiger partial charge on any atom is 0.573 e. The fourth-order valence-electron chi connectivity index (χ4n) is 3.47. The molecule has 2 aliphatic rings. The second-order valence-corrected chi connectivity index (χ2v) is 7.02. The van der Waals surface area contributed by atoms with Crippen LogP contribution in [-0.2, 0) is 11.3 Å². The second kappa shape index (κ2) is 8.22. The van der Waals surface area contributed by atoms with Crippen LogP contribution in [0.2, 0.25) is 0 Å². The number of allylic oxidation sites excluding steroid dienone is 3. The predicted octanol–water partition coefficient (Wildman–Crippen LogP) is 4.58. The molecule has 156 valence electrons. The van der Waals surface area contributed by atoms with Gasteiger partial charge in [-0.3, -0.25) is 9.78 Å². The number of ether oxygens (including phenoxy) is 2. The van der Waals surface area contributed by atoms with E-state index in [0.29, 0.717) is 36.7 Å². The fourth-order valence-corrected chi connectivity index (χ4v) is 3.47. The van der Waals surface area contributed by atoms with Crippen LogP contribution in [0.3, 0.4) is 0 Å². The van der Waals surface area contributed by atoms with Crippen LogP contribution in [0.1, 0.15) is 34.0 Å². The summed E-state index contributed by atoms with van der Waals surface area (Å²) in [6, 6.07) is 11.3. The van der Waals surface area contributed by atoms with E-state index in [4.69, 9.17) is 4.74 Å². The summed E-state index contributed by atoms with van der Waals surface area (Å²) in [4.78, 5) is 19.2. The molecule has 0 unspecified atom stereocenters. The molecule has 1 aromatic heterocycles. The van der Waals surface area contributed by atoms with Gasteiger partial charge in [0.2, 0.25) is 0 Å². The van der Waals surface area contributed by atoms with Gasteiger partial charge >= 0.3 is 6.36 Å². The number of benzene rings is 1. The number of amides is 1. The van der Waals surface area contributed by atoms with Gasteiger partial charge in [-0.25, -0.2) is 0 Å². The van der Waals surface area contributed by atoms with Crippen LogP contribution in [0.4, 0.5) is 13.2 Å². The maximum atomic E-state index is 13.1. The van der Waals surface area contributed by atoms with E-state index < -0.39 is 6.36 Å². The average molecular weight is 416 g/mol. The first-order valence-corrected chi connectivity index (χ1v) is 9.49. The van der Waals surface area contributed by atoms with Crippen LogP contribution < -0.4 is 4.74 Å². The molecule has 2 aromatic rings. The first-order chi connectivity index (χ1) is 14.4. The first kappa shape index (κ1) is 20.0. The van der Waals surface area contributed by atoms with E-state index in [0.717, 1.165) is 5.56 Å². The third-order valence-corrected chi connectivity index (χ3v) is 4.92. The molecular formula is C22H19F3N2O3.